The van der Waals surface area contributed by atoms with Crippen molar-refractivity contribution in [3.05, 3.63) is 0 Å². The summed E-state index contributed by atoms with van der Waals surface area (Å²) in [5, 5.41) is 0. The van der Waals surface area contributed by atoms with Crippen molar-refractivity contribution in [2.24, 2.45) is 5.73 Å². The topological polar surface area (TPSA) is 47.7 Å². The van der Waals surface area contributed by atoms with Crippen molar-refractivity contribution in [2.75, 3.05) is 33.9 Å². The third-order valence-corrected chi connectivity index (χ3v) is 3.10. The first-order valence-corrected chi connectivity index (χ1v) is 5.58. The fourth-order valence-electron chi connectivity index (χ4n) is 1.95. The Bertz CT molecular complexity index is 159. The van der Waals surface area contributed by atoms with Gasteiger partial charge in [-0.2, -0.15) is 0 Å². The highest BCUT2D eigenvalue weighted by Crippen LogP contribution is 2.21. The van der Waals surface area contributed by atoms with E-state index in [4.69, 9.17) is 15.2 Å². The Kier molecular flexibility index (Phi) is 7.09. The van der Waals surface area contributed by atoms with Crippen LogP contribution in [0.15, 0.2) is 0 Å². The lowest BCUT2D eigenvalue weighted by Gasteiger charge is -2.41. The molecule has 0 aliphatic rings. The van der Waals surface area contributed by atoms with E-state index in [9.17, 15) is 0 Å². The normalized spacial score (nSPS) is 16.0. The molecule has 0 aliphatic carbocycles. The molecule has 0 rings (SSSR count). The third-order valence-electron chi connectivity index (χ3n) is 3.10. The fourth-order valence-corrected chi connectivity index (χ4v) is 1.95. The molecule has 2 N–H and O–H groups in total. The van der Waals surface area contributed by atoms with Crippen LogP contribution in [0, 0.1) is 0 Å². The van der Waals surface area contributed by atoms with Crippen LogP contribution >= 0.6 is 0 Å². The first-order valence-electron chi connectivity index (χ1n) is 5.58. The molecular formula is C11H26N2O2. The number of nitrogens with zero attached hydrogens (tertiary/aromatic N) is 1. The second kappa shape index (κ2) is 7.17. The molecule has 4 heteroatoms. The number of ether oxygens (including phenoxy) is 2. The predicted molar refractivity (Wildman–Crippen MR) is 62.8 cm³/mol. The molecule has 0 heterocycles. The lowest BCUT2D eigenvalue weighted by Crippen LogP contribution is -2.53. The monoisotopic (exact) mass is 218 g/mol. The molecule has 1 unspecified atom stereocenters. The zero-order valence-corrected chi connectivity index (χ0v) is 10.7. The molecular weight excluding hydrogens is 192 g/mol. The molecule has 92 valence electrons. The van der Waals surface area contributed by atoms with Gasteiger partial charge in [-0.15, -0.1) is 0 Å². The predicted octanol–water partition coefficient (Wildman–Crippen LogP) is 1.05. The lowest BCUT2D eigenvalue weighted by molar-refractivity contribution is -0.128. The van der Waals surface area contributed by atoms with E-state index in [0.29, 0.717) is 6.54 Å². The summed E-state index contributed by atoms with van der Waals surface area (Å²) in [6.07, 6.45) is 0.609. The van der Waals surface area contributed by atoms with E-state index < -0.39 is 0 Å². The molecule has 0 radical (unpaired) electrons. The number of nitrogens with two attached hydrogens (primary N) is 1. The SMILES string of the molecule is CCN(CC)C(C)(CN)CC(OC)OC. The Morgan fingerprint density at radius 1 is 1.20 bits per heavy atom. The number of hydrogen-bond donors (Lipinski definition) is 1. The molecule has 0 bridgehead atoms. The van der Waals surface area contributed by atoms with E-state index in [1.807, 2.05) is 0 Å². The van der Waals surface area contributed by atoms with Crippen molar-refractivity contribution in [3.63, 3.8) is 0 Å². The average Bonchev–Trinajstić information content (AvgIpc) is 2.27. The molecule has 0 aromatic carbocycles. The first-order chi connectivity index (χ1) is 7.07. The maximum Gasteiger partial charge on any atom is 0.158 e. The van der Waals surface area contributed by atoms with Crippen LogP contribution in [0.5, 0.6) is 0 Å². The van der Waals surface area contributed by atoms with E-state index in [2.05, 4.69) is 25.7 Å². The van der Waals surface area contributed by atoms with Gasteiger partial charge in [-0.1, -0.05) is 13.8 Å². The van der Waals surface area contributed by atoms with Gasteiger partial charge in [0.05, 0.1) is 0 Å². The lowest BCUT2D eigenvalue weighted by atomic mass is 9.95. The fraction of sp³-hybridized carbons (Fsp3) is 1.00. The highest BCUT2D eigenvalue weighted by Gasteiger charge is 2.31. The molecule has 0 saturated carbocycles. The van der Waals surface area contributed by atoms with Crippen molar-refractivity contribution in [1.82, 2.24) is 4.90 Å². The van der Waals surface area contributed by atoms with Gasteiger partial charge in [0.1, 0.15) is 0 Å². The second-order valence-electron chi connectivity index (χ2n) is 3.98. The van der Waals surface area contributed by atoms with Crippen molar-refractivity contribution < 1.29 is 9.47 Å². The Labute approximate surface area is 93.7 Å². The van der Waals surface area contributed by atoms with Gasteiger partial charge in [-0.3, -0.25) is 4.90 Å². The molecule has 0 aromatic heterocycles. The van der Waals surface area contributed by atoms with Crippen molar-refractivity contribution in [3.8, 4) is 0 Å². The van der Waals surface area contributed by atoms with E-state index >= 15 is 0 Å². The summed E-state index contributed by atoms with van der Waals surface area (Å²) in [7, 11) is 3.32. The Balaban J connectivity index is 4.52. The van der Waals surface area contributed by atoms with Crippen LogP contribution in [-0.4, -0.2) is 50.6 Å². The van der Waals surface area contributed by atoms with Crippen LogP contribution in [0.2, 0.25) is 0 Å². The third kappa shape index (κ3) is 4.07. The van der Waals surface area contributed by atoms with Gasteiger partial charge in [-0.25, -0.2) is 0 Å². The van der Waals surface area contributed by atoms with Crippen LogP contribution in [0.4, 0.5) is 0 Å². The van der Waals surface area contributed by atoms with Gasteiger partial charge < -0.3 is 15.2 Å². The number of rotatable bonds is 8. The summed E-state index contributed by atoms with van der Waals surface area (Å²) >= 11 is 0. The van der Waals surface area contributed by atoms with Gasteiger partial charge in [0, 0.05) is 32.7 Å². The minimum Gasteiger partial charge on any atom is -0.356 e. The molecule has 0 aliphatic heterocycles. The molecule has 0 amide bonds. The van der Waals surface area contributed by atoms with Gasteiger partial charge >= 0.3 is 0 Å². The second-order valence-corrected chi connectivity index (χ2v) is 3.98. The van der Waals surface area contributed by atoms with E-state index in [0.717, 1.165) is 19.5 Å². The maximum atomic E-state index is 5.86. The quantitative estimate of drug-likeness (QED) is 0.619. The summed E-state index contributed by atoms with van der Waals surface area (Å²) < 4.78 is 10.5. The smallest absolute Gasteiger partial charge is 0.158 e. The van der Waals surface area contributed by atoms with E-state index in [1.165, 1.54) is 0 Å². The molecule has 0 fully saturated rings. The highest BCUT2D eigenvalue weighted by atomic mass is 16.7. The Hall–Kier alpha value is -0.160. The van der Waals surface area contributed by atoms with Crippen molar-refractivity contribution >= 4 is 0 Å². The van der Waals surface area contributed by atoms with Crippen LogP contribution in [0.3, 0.4) is 0 Å². The van der Waals surface area contributed by atoms with Gasteiger partial charge in [0.25, 0.3) is 0 Å². The van der Waals surface area contributed by atoms with E-state index in [-0.39, 0.29) is 11.8 Å². The zero-order valence-electron chi connectivity index (χ0n) is 10.7. The van der Waals surface area contributed by atoms with Crippen LogP contribution in [0.25, 0.3) is 0 Å². The molecule has 4 nitrogen and oxygen atoms in total. The molecule has 1 atom stereocenters. The number of likely N-dealkylation sites (N-methyl/N-ethyl adjacent to an activating group) is 1. The number of methoxy groups -OCH3 is 2. The van der Waals surface area contributed by atoms with E-state index in [1.54, 1.807) is 14.2 Å². The molecule has 15 heavy (non-hydrogen) atoms. The number of hydrogen-bond acceptors (Lipinski definition) is 4. The maximum absolute atomic E-state index is 5.86. The van der Waals surface area contributed by atoms with Gasteiger partial charge in [0.15, 0.2) is 6.29 Å². The molecule has 0 aromatic rings. The molecule has 0 saturated heterocycles. The summed E-state index contributed by atoms with van der Waals surface area (Å²) in [5.74, 6) is 0. The average molecular weight is 218 g/mol. The van der Waals surface area contributed by atoms with Gasteiger partial charge in [0.2, 0.25) is 0 Å². The van der Waals surface area contributed by atoms with Crippen LogP contribution in [-0.2, 0) is 9.47 Å². The van der Waals surface area contributed by atoms with Gasteiger partial charge in [-0.05, 0) is 20.0 Å². The standard InChI is InChI=1S/C11H26N2O2/c1-6-13(7-2)11(3,9-12)8-10(14-4)15-5/h10H,6-9,12H2,1-5H3. The summed E-state index contributed by atoms with van der Waals surface area (Å²) in [6.45, 7) is 9.04. The highest BCUT2D eigenvalue weighted by molar-refractivity contribution is 4.87. The Morgan fingerprint density at radius 3 is 1.93 bits per heavy atom. The summed E-state index contributed by atoms with van der Waals surface area (Å²) in [4.78, 5) is 2.35. The largest absolute Gasteiger partial charge is 0.356 e. The summed E-state index contributed by atoms with van der Waals surface area (Å²) in [5.41, 5.74) is 5.81. The van der Waals surface area contributed by atoms with Crippen molar-refractivity contribution in [1.29, 1.82) is 0 Å². The minimum atomic E-state index is -0.181. The zero-order chi connectivity index (χ0) is 11.9. The Morgan fingerprint density at radius 2 is 1.67 bits per heavy atom. The molecule has 0 spiro atoms. The first kappa shape index (κ1) is 14.8. The summed E-state index contributed by atoms with van der Waals surface area (Å²) in [6, 6.07) is 0. The van der Waals surface area contributed by atoms with Crippen LogP contribution in [0.1, 0.15) is 27.2 Å². The van der Waals surface area contributed by atoms with Crippen LogP contribution < -0.4 is 5.73 Å². The van der Waals surface area contributed by atoms with Crippen molar-refractivity contribution in [2.45, 2.75) is 39.0 Å². The minimum absolute atomic E-state index is 0.0554.